The molecule has 0 aliphatic heterocycles. The predicted octanol–water partition coefficient (Wildman–Crippen LogP) is 3.86. The highest BCUT2D eigenvalue weighted by Crippen LogP contribution is 2.28. The summed E-state index contributed by atoms with van der Waals surface area (Å²) in [6.07, 6.45) is 1.42. The third-order valence-electron chi connectivity index (χ3n) is 4.33. The van der Waals surface area contributed by atoms with E-state index in [4.69, 9.17) is 0 Å². The smallest absolute Gasteiger partial charge is 0.262 e. The average molecular weight is 444 g/mol. The molecule has 0 fully saturated rings. The molecule has 148 valence electrons. The van der Waals surface area contributed by atoms with Crippen LogP contribution in [0.3, 0.4) is 0 Å². The minimum absolute atomic E-state index is 0.123. The molecule has 0 atom stereocenters. The van der Waals surface area contributed by atoms with Crippen molar-refractivity contribution in [2.75, 3.05) is 5.32 Å². The van der Waals surface area contributed by atoms with Crippen molar-refractivity contribution >= 4 is 55.7 Å². The lowest BCUT2D eigenvalue weighted by atomic mass is 10.2. The number of rotatable bonds is 6. The fourth-order valence-corrected chi connectivity index (χ4v) is 5.45. The van der Waals surface area contributed by atoms with E-state index in [2.05, 4.69) is 32.6 Å². The zero-order chi connectivity index (χ0) is 20.4. The quantitative estimate of drug-likeness (QED) is 0.360. The highest BCUT2D eigenvalue weighted by Gasteiger charge is 2.15. The summed E-state index contributed by atoms with van der Waals surface area (Å²) in [6.45, 7) is 3.74. The van der Waals surface area contributed by atoms with Gasteiger partial charge >= 0.3 is 0 Å². The summed E-state index contributed by atoms with van der Waals surface area (Å²) in [5, 5.41) is 11.8. The minimum Gasteiger partial charge on any atom is -0.299 e. The van der Waals surface area contributed by atoms with Crippen molar-refractivity contribution < 1.29 is 4.79 Å². The van der Waals surface area contributed by atoms with Crippen LogP contribution in [-0.4, -0.2) is 25.7 Å². The number of benzene rings is 1. The van der Waals surface area contributed by atoms with Gasteiger partial charge in [-0.3, -0.25) is 19.5 Å². The van der Waals surface area contributed by atoms with E-state index in [0.717, 1.165) is 20.5 Å². The Morgan fingerprint density at radius 1 is 1.17 bits per heavy atom. The highest BCUT2D eigenvalue weighted by atomic mass is 32.2. The molecule has 10 heteroatoms. The predicted molar refractivity (Wildman–Crippen MR) is 118 cm³/mol. The second-order valence-corrected chi connectivity index (χ2v) is 9.74. The van der Waals surface area contributed by atoms with Crippen LogP contribution in [0, 0.1) is 13.8 Å². The van der Waals surface area contributed by atoms with Gasteiger partial charge in [-0.15, -0.1) is 21.5 Å². The minimum atomic E-state index is -0.339. The number of nitrogens with one attached hydrogen (secondary N) is 1. The largest absolute Gasteiger partial charge is 0.299 e. The zero-order valence-electron chi connectivity index (χ0n) is 15.7. The van der Waals surface area contributed by atoms with E-state index in [9.17, 15) is 9.59 Å². The fourth-order valence-electron chi connectivity index (χ4n) is 2.73. The van der Waals surface area contributed by atoms with Gasteiger partial charge in [0.25, 0.3) is 5.56 Å². The molecule has 3 aromatic heterocycles. The van der Waals surface area contributed by atoms with Gasteiger partial charge in [-0.05, 0) is 25.0 Å². The normalized spacial score (nSPS) is 11.1. The van der Waals surface area contributed by atoms with Crippen LogP contribution < -0.4 is 10.9 Å². The van der Waals surface area contributed by atoms with E-state index in [-0.39, 0.29) is 18.0 Å². The standard InChI is InChI=1S/C19H17N5O2S3/c1-11-12(2)28-16-15(11)17(26)24(10-20-16)8-14(25)21-18-22-23-19(29-18)27-9-13-6-4-3-5-7-13/h3-7,10H,8-9H2,1-2H3,(H,21,22,25). The Kier molecular flexibility index (Phi) is 5.74. The Hall–Kier alpha value is -2.56. The van der Waals surface area contributed by atoms with Crippen LogP contribution >= 0.6 is 34.4 Å². The number of hydrogen-bond donors (Lipinski definition) is 1. The fraction of sp³-hybridized carbons (Fsp3) is 0.211. The number of aromatic nitrogens is 4. The van der Waals surface area contributed by atoms with Crippen LogP contribution in [0.5, 0.6) is 0 Å². The third kappa shape index (κ3) is 4.39. The second kappa shape index (κ2) is 8.44. The summed E-state index contributed by atoms with van der Waals surface area (Å²) in [5.74, 6) is 0.442. The van der Waals surface area contributed by atoms with Crippen molar-refractivity contribution in [1.82, 2.24) is 19.7 Å². The Balaban J connectivity index is 1.41. The van der Waals surface area contributed by atoms with E-state index < -0.39 is 0 Å². The van der Waals surface area contributed by atoms with Gasteiger partial charge in [0.2, 0.25) is 11.0 Å². The number of hydrogen-bond acceptors (Lipinski definition) is 8. The third-order valence-corrected chi connectivity index (χ3v) is 7.49. The number of carbonyl (C=O) groups is 1. The van der Waals surface area contributed by atoms with Crippen LogP contribution in [0.4, 0.5) is 5.13 Å². The van der Waals surface area contributed by atoms with Crippen LogP contribution in [0.25, 0.3) is 10.2 Å². The Labute approximate surface area is 178 Å². The van der Waals surface area contributed by atoms with Crippen LogP contribution in [0.2, 0.25) is 0 Å². The molecule has 1 N–H and O–H groups in total. The van der Waals surface area contributed by atoms with Crippen molar-refractivity contribution in [3.8, 4) is 0 Å². The van der Waals surface area contributed by atoms with Gasteiger partial charge in [-0.1, -0.05) is 53.4 Å². The molecule has 3 heterocycles. The maximum absolute atomic E-state index is 12.7. The summed E-state index contributed by atoms with van der Waals surface area (Å²) in [5.41, 5.74) is 1.91. The molecule has 4 rings (SSSR count). The molecular formula is C19H17N5O2S3. The van der Waals surface area contributed by atoms with Crippen molar-refractivity contribution in [2.24, 2.45) is 0 Å². The maximum Gasteiger partial charge on any atom is 0.262 e. The van der Waals surface area contributed by atoms with Crippen molar-refractivity contribution in [1.29, 1.82) is 0 Å². The van der Waals surface area contributed by atoms with Crippen LogP contribution in [0.1, 0.15) is 16.0 Å². The SMILES string of the molecule is Cc1sc2ncn(CC(=O)Nc3nnc(SCc4ccccc4)s3)c(=O)c2c1C. The second-order valence-electron chi connectivity index (χ2n) is 6.34. The number of thiophene rings is 1. The van der Waals surface area contributed by atoms with Crippen LogP contribution in [0.15, 0.2) is 45.8 Å². The first-order chi connectivity index (χ1) is 14.0. The lowest BCUT2D eigenvalue weighted by Crippen LogP contribution is -2.27. The molecule has 29 heavy (non-hydrogen) atoms. The molecule has 0 radical (unpaired) electrons. The maximum atomic E-state index is 12.7. The molecule has 0 spiro atoms. The van der Waals surface area contributed by atoms with Crippen molar-refractivity contribution in [2.45, 2.75) is 30.5 Å². The molecule has 0 saturated carbocycles. The summed E-state index contributed by atoms with van der Waals surface area (Å²) in [6, 6.07) is 10.1. The van der Waals surface area contributed by atoms with Crippen LogP contribution in [-0.2, 0) is 17.1 Å². The molecular weight excluding hydrogens is 426 g/mol. The zero-order valence-corrected chi connectivity index (χ0v) is 18.2. The van der Waals surface area contributed by atoms with Gasteiger partial charge in [-0.25, -0.2) is 4.98 Å². The number of fused-ring (bicyclic) bond motifs is 1. The van der Waals surface area contributed by atoms with Crippen molar-refractivity contribution in [3.05, 3.63) is 63.0 Å². The number of amides is 1. The Morgan fingerprint density at radius 3 is 2.76 bits per heavy atom. The lowest BCUT2D eigenvalue weighted by molar-refractivity contribution is -0.116. The van der Waals surface area contributed by atoms with Gasteiger partial charge in [0.15, 0.2) is 4.34 Å². The van der Waals surface area contributed by atoms with Gasteiger partial charge in [-0.2, -0.15) is 0 Å². The van der Waals surface area contributed by atoms with Gasteiger partial charge < -0.3 is 0 Å². The lowest BCUT2D eigenvalue weighted by Gasteiger charge is -2.05. The Bertz CT molecular complexity index is 1230. The van der Waals surface area contributed by atoms with E-state index in [1.165, 1.54) is 39.1 Å². The van der Waals surface area contributed by atoms with E-state index >= 15 is 0 Å². The van der Waals surface area contributed by atoms with Gasteiger partial charge in [0, 0.05) is 10.6 Å². The molecule has 0 aliphatic carbocycles. The molecule has 0 saturated heterocycles. The first-order valence-electron chi connectivity index (χ1n) is 8.76. The average Bonchev–Trinajstić information content (AvgIpc) is 3.27. The first kappa shape index (κ1) is 19.7. The van der Waals surface area contributed by atoms with Gasteiger partial charge in [0.1, 0.15) is 11.4 Å². The summed E-state index contributed by atoms with van der Waals surface area (Å²) < 4.78 is 2.09. The molecule has 4 aromatic rings. The number of nitrogens with zero attached hydrogens (tertiary/aromatic N) is 4. The van der Waals surface area contributed by atoms with E-state index in [0.29, 0.717) is 15.3 Å². The molecule has 0 aliphatic rings. The number of anilines is 1. The molecule has 0 bridgehead atoms. The van der Waals surface area contributed by atoms with Gasteiger partial charge in [0.05, 0.1) is 11.7 Å². The highest BCUT2D eigenvalue weighted by molar-refractivity contribution is 8.00. The van der Waals surface area contributed by atoms with E-state index in [1.54, 1.807) is 11.8 Å². The number of carbonyl (C=O) groups excluding carboxylic acids is 1. The topological polar surface area (TPSA) is 89.8 Å². The summed E-state index contributed by atoms with van der Waals surface area (Å²) in [4.78, 5) is 31.2. The monoisotopic (exact) mass is 443 g/mol. The van der Waals surface area contributed by atoms with Crippen molar-refractivity contribution in [3.63, 3.8) is 0 Å². The molecule has 0 unspecified atom stereocenters. The molecule has 7 nitrogen and oxygen atoms in total. The molecule has 1 aromatic carbocycles. The first-order valence-corrected chi connectivity index (χ1v) is 11.4. The number of aryl methyl sites for hydroxylation is 2. The van der Waals surface area contributed by atoms with E-state index in [1.807, 2.05) is 32.0 Å². The summed E-state index contributed by atoms with van der Waals surface area (Å²) in [7, 11) is 0. The molecule has 1 amide bonds. The summed E-state index contributed by atoms with van der Waals surface area (Å²) >= 11 is 4.36. The Morgan fingerprint density at radius 2 is 1.97 bits per heavy atom. The number of thioether (sulfide) groups is 1.